The van der Waals surface area contributed by atoms with Crippen molar-refractivity contribution in [2.75, 3.05) is 28.2 Å². The highest BCUT2D eigenvalue weighted by molar-refractivity contribution is 5.73. The van der Waals surface area contributed by atoms with E-state index >= 15 is 0 Å². The van der Waals surface area contributed by atoms with Crippen LogP contribution in [0.5, 0.6) is 0 Å². The number of likely N-dealkylation sites (N-methyl/N-ethyl adjacent to an activating group) is 2. The molecule has 22 heavy (non-hydrogen) atoms. The quantitative estimate of drug-likeness (QED) is 0.713. The molecule has 0 aromatic rings. The van der Waals surface area contributed by atoms with E-state index < -0.39 is 11.9 Å². The summed E-state index contributed by atoms with van der Waals surface area (Å²) in [6.45, 7) is 8.11. The monoisotopic (exact) mass is 318 g/mol. The Balaban J connectivity index is 0. The van der Waals surface area contributed by atoms with Crippen molar-refractivity contribution >= 4 is 11.9 Å². The molecule has 0 spiro atoms. The summed E-state index contributed by atoms with van der Waals surface area (Å²) in [5, 5.41) is 17.5. The lowest BCUT2D eigenvalue weighted by Gasteiger charge is -2.21. The van der Waals surface area contributed by atoms with Gasteiger partial charge in [-0.15, -0.1) is 0 Å². The number of hydrogen-bond acceptors (Lipinski definition) is 4. The van der Waals surface area contributed by atoms with Gasteiger partial charge in [-0.25, -0.2) is 0 Å². The van der Waals surface area contributed by atoms with Crippen molar-refractivity contribution in [3.8, 4) is 0 Å². The number of hydrogen-bond donors (Lipinski definition) is 2. The Labute approximate surface area is 135 Å². The van der Waals surface area contributed by atoms with Crippen molar-refractivity contribution in [3.63, 3.8) is 0 Å². The average molecular weight is 318 g/mol. The molecule has 6 heteroatoms. The summed E-state index contributed by atoms with van der Waals surface area (Å²) in [6, 6.07) is -0.676. The number of aliphatic carboxylic acids is 2. The topological polar surface area (TPSA) is 81.1 Å². The molecule has 2 N–H and O–H groups in total. The standard InChI is InChI=1S/2C8H17NO2/c2*1-6(2)5-7(8(10)11)9(3)4/h2*6-7H,5H2,1-4H3,(H,10,11)/t7-;/m0./s1. The zero-order valence-electron chi connectivity index (χ0n) is 15.3. The summed E-state index contributed by atoms with van der Waals surface area (Å²) in [6.07, 6.45) is 1.42. The van der Waals surface area contributed by atoms with Crippen molar-refractivity contribution in [3.05, 3.63) is 0 Å². The zero-order chi connectivity index (χ0) is 18.0. The third-order valence-electron chi connectivity index (χ3n) is 3.21. The molecular weight excluding hydrogens is 284 g/mol. The predicted octanol–water partition coefficient (Wildman–Crippen LogP) is 2.09. The Morgan fingerprint density at radius 1 is 0.727 bits per heavy atom. The molecular formula is C16H34N2O4. The van der Waals surface area contributed by atoms with Crippen molar-refractivity contribution in [2.24, 2.45) is 11.8 Å². The number of nitrogens with zero attached hydrogens (tertiary/aromatic N) is 2. The van der Waals surface area contributed by atoms with Gasteiger partial charge in [0.05, 0.1) is 0 Å². The maximum absolute atomic E-state index is 10.6. The van der Waals surface area contributed by atoms with Gasteiger partial charge in [0.2, 0.25) is 0 Å². The van der Waals surface area contributed by atoms with Crippen LogP contribution in [-0.4, -0.2) is 72.2 Å². The molecule has 0 aliphatic heterocycles. The van der Waals surface area contributed by atoms with Crippen LogP contribution in [0.3, 0.4) is 0 Å². The smallest absolute Gasteiger partial charge is 0.320 e. The van der Waals surface area contributed by atoms with Crippen LogP contribution in [0, 0.1) is 11.8 Å². The highest BCUT2D eigenvalue weighted by Crippen LogP contribution is 2.09. The fraction of sp³-hybridized carbons (Fsp3) is 0.875. The summed E-state index contributed by atoms with van der Waals surface area (Å²) in [5.41, 5.74) is 0. The van der Waals surface area contributed by atoms with Crippen LogP contribution >= 0.6 is 0 Å². The molecule has 1 unspecified atom stereocenters. The number of carboxylic acids is 2. The van der Waals surface area contributed by atoms with Gasteiger partial charge in [0.1, 0.15) is 12.1 Å². The summed E-state index contributed by atoms with van der Waals surface area (Å²) >= 11 is 0. The lowest BCUT2D eigenvalue weighted by Crippen LogP contribution is -2.36. The number of rotatable bonds is 8. The Hall–Kier alpha value is -1.14. The molecule has 132 valence electrons. The van der Waals surface area contributed by atoms with E-state index in [2.05, 4.69) is 0 Å². The van der Waals surface area contributed by atoms with Crippen molar-refractivity contribution in [2.45, 2.75) is 52.6 Å². The van der Waals surface area contributed by atoms with Crippen LogP contribution in [-0.2, 0) is 9.59 Å². The van der Waals surface area contributed by atoms with Crippen LogP contribution < -0.4 is 0 Å². The molecule has 0 bridgehead atoms. The van der Waals surface area contributed by atoms with Crippen LogP contribution in [0.4, 0.5) is 0 Å². The van der Waals surface area contributed by atoms with Gasteiger partial charge < -0.3 is 10.2 Å². The largest absolute Gasteiger partial charge is 0.480 e. The van der Waals surface area contributed by atoms with Crippen LogP contribution in [0.2, 0.25) is 0 Å². The van der Waals surface area contributed by atoms with E-state index in [0.717, 1.165) is 0 Å². The van der Waals surface area contributed by atoms with Gasteiger partial charge in [0.25, 0.3) is 0 Å². The van der Waals surface area contributed by atoms with E-state index in [1.54, 1.807) is 38.0 Å². The number of carboxylic acid groups (broad SMARTS) is 2. The summed E-state index contributed by atoms with van der Waals surface area (Å²) in [7, 11) is 7.17. The first kappa shape index (κ1) is 23.1. The van der Waals surface area contributed by atoms with Crippen molar-refractivity contribution in [1.82, 2.24) is 9.80 Å². The van der Waals surface area contributed by atoms with Crippen molar-refractivity contribution < 1.29 is 19.8 Å². The maximum Gasteiger partial charge on any atom is 0.320 e. The molecule has 0 aromatic carbocycles. The molecule has 0 saturated carbocycles. The SMILES string of the molecule is CC(C)CC(C(=O)O)N(C)C.CC(C)C[C@@H](C(=O)O)N(C)C. The van der Waals surface area contributed by atoms with Crippen molar-refractivity contribution in [1.29, 1.82) is 0 Å². The molecule has 0 rings (SSSR count). The Bertz CT molecular complexity index is 296. The first-order valence-corrected chi connectivity index (χ1v) is 7.68. The van der Waals surface area contributed by atoms with Gasteiger partial charge in [-0.3, -0.25) is 19.4 Å². The molecule has 0 aromatic heterocycles. The third-order valence-corrected chi connectivity index (χ3v) is 3.21. The molecule has 0 fully saturated rings. The minimum Gasteiger partial charge on any atom is -0.480 e. The van der Waals surface area contributed by atoms with Gasteiger partial charge in [-0.05, 0) is 52.9 Å². The molecule has 0 saturated heterocycles. The molecule has 0 heterocycles. The lowest BCUT2D eigenvalue weighted by molar-refractivity contribution is -0.143. The number of carbonyl (C=O) groups is 2. The van der Waals surface area contributed by atoms with Gasteiger partial charge >= 0.3 is 11.9 Å². The molecule has 0 aliphatic rings. The summed E-state index contributed by atoms with van der Waals surface area (Å²) < 4.78 is 0. The van der Waals surface area contributed by atoms with Crippen LogP contribution in [0.25, 0.3) is 0 Å². The van der Waals surface area contributed by atoms with E-state index in [0.29, 0.717) is 24.7 Å². The van der Waals surface area contributed by atoms with E-state index in [-0.39, 0.29) is 12.1 Å². The second-order valence-corrected chi connectivity index (χ2v) is 6.89. The highest BCUT2D eigenvalue weighted by Gasteiger charge is 2.21. The van der Waals surface area contributed by atoms with Gasteiger partial charge in [0, 0.05) is 0 Å². The van der Waals surface area contributed by atoms with E-state index in [4.69, 9.17) is 10.2 Å². The Morgan fingerprint density at radius 2 is 0.955 bits per heavy atom. The normalized spacial score (nSPS) is 14.0. The molecule has 0 radical (unpaired) electrons. The fourth-order valence-electron chi connectivity index (χ4n) is 1.96. The van der Waals surface area contributed by atoms with E-state index in [9.17, 15) is 9.59 Å². The van der Waals surface area contributed by atoms with Crippen LogP contribution in [0.1, 0.15) is 40.5 Å². The first-order chi connectivity index (χ1) is 9.89. The minimum atomic E-state index is -0.733. The zero-order valence-corrected chi connectivity index (χ0v) is 15.3. The fourth-order valence-corrected chi connectivity index (χ4v) is 1.96. The van der Waals surface area contributed by atoms with E-state index in [1.807, 2.05) is 27.7 Å². The summed E-state index contributed by atoms with van der Waals surface area (Å²) in [4.78, 5) is 24.7. The summed E-state index contributed by atoms with van der Waals surface area (Å²) in [5.74, 6) is -0.607. The van der Waals surface area contributed by atoms with E-state index in [1.165, 1.54) is 0 Å². The minimum absolute atomic E-state index is 0.338. The average Bonchev–Trinajstić information content (AvgIpc) is 2.32. The predicted molar refractivity (Wildman–Crippen MR) is 89.1 cm³/mol. The molecule has 6 nitrogen and oxygen atoms in total. The maximum atomic E-state index is 10.6. The first-order valence-electron chi connectivity index (χ1n) is 7.68. The highest BCUT2D eigenvalue weighted by atomic mass is 16.4. The lowest BCUT2D eigenvalue weighted by atomic mass is 10.0. The third kappa shape index (κ3) is 11.5. The Kier molecular flexibility index (Phi) is 12.0. The second kappa shape index (κ2) is 11.4. The Morgan fingerprint density at radius 3 is 1.00 bits per heavy atom. The van der Waals surface area contributed by atoms with Gasteiger partial charge in [-0.2, -0.15) is 0 Å². The molecule has 0 amide bonds. The molecule has 2 atom stereocenters. The van der Waals surface area contributed by atoms with Gasteiger partial charge in [0.15, 0.2) is 0 Å². The van der Waals surface area contributed by atoms with Crippen LogP contribution in [0.15, 0.2) is 0 Å². The second-order valence-electron chi connectivity index (χ2n) is 6.89. The van der Waals surface area contributed by atoms with Gasteiger partial charge in [-0.1, -0.05) is 27.7 Å². The molecule has 0 aliphatic carbocycles.